The number of aryl methyl sites for hydroxylation is 1. The van der Waals surface area contributed by atoms with Crippen molar-refractivity contribution >= 4 is 27.8 Å². The maximum absolute atomic E-state index is 13.5. The molecule has 1 atom stereocenters. The van der Waals surface area contributed by atoms with Crippen molar-refractivity contribution in [3.05, 3.63) is 40.8 Å². The number of halogens is 1. The highest BCUT2D eigenvalue weighted by Crippen LogP contribution is 2.35. The average molecular weight is 416 g/mol. The molecule has 0 saturated heterocycles. The van der Waals surface area contributed by atoms with Crippen LogP contribution in [0.4, 0.5) is 4.39 Å². The van der Waals surface area contributed by atoms with E-state index in [9.17, 15) is 18.0 Å². The molecule has 1 aliphatic rings. The van der Waals surface area contributed by atoms with Crippen LogP contribution >= 0.6 is 11.8 Å². The van der Waals surface area contributed by atoms with Gasteiger partial charge in [-0.05, 0) is 46.4 Å². The number of nitrogens with two attached hydrogens (primary N) is 1. The van der Waals surface area contributed by atoms with Crippen molar-refractivity contribution in [1.82, 2.24) is 20.5 Å². The zero-order chi connectivity index (χ0) is 19.4. The summed E-state index contributed by atoms with van der Waals surface area (Å²) >= 11 is 1.14. The van der Waals surface area contributed by atoms with E-state index in [0.29, 0.717) is 17.2 Å². The average Bonchev–Trinajstić information content (AvgIpc) is 3.22. The normalized spacial score (nSPS) is 17.1. The Morgan fingerprint density at radius 3 is 3.04 bits per heavy atom. The number of hydrogen-bond acceptors (Lipinski definition) is 8. The molecule has 2 aromatic rings. The number of aliphatic imine (C=N–C) groups is 1. The van der Waals surface area contributed by atoms with E-state index >= 15 is 0 Å². The summed E-state index contributed by atoms with van der Waals surface area (Å²) in [6, 6.07) is 4.22. The Morgan fingerprint density at radius 1 is 1.48 bits per heavy atom. The molecule has 0 bridgehead atoms. The number of nitrogens with one attached hydrogen (secondary N) is 2. The SMILES string of the molecule is NS(=O)(=O)NCCSc1nonc1C(=NC1CCc2ccc(F)cc21)NO. The molecule has 1 aromatic carbocycles. The fourth-order valence-electron chi connectivity index (χ4n) is 2.74. The van der Waals surface area contributed by atoms with Gasteiger partial charge in [0.2, 0.25) is 0 Å². The quantitative estimate of drug-likeness (QED) is 0.167. The molecular weight excluding hydrogens is 399 g/mol. The van der Waals surface area contributed by atoms with Gasteiger partial charge in [-0.3, -0.25) is 15.7 Å². The van der Waals surface area contributed by atoms with Crippen molar-refractivity contribution in [2.24, 2.45) is 10.1 Å². The van der Waals surface area contributed by atoms with Crippen LogP contribution in [0.3, 0.4) is 0 Å². The standard InChI is InChI=1S/C14H17FN6O4S2/c15-9-3-1-8-2-4-11(10(8)7-9)18-13(19-22)12-14(21-25-20-12)26-6-5-17-27(16,23)24/h1,3,7,11,17,22H,2,4-6H2,(H,18,19)(H2,16,23,24). The van der Waals surface area contributed by atoms with Crippen LogP contribution in [0.15, 0.2) is 32.8 Å². The third-order valence-corrected chi connectivity index (χ3v) is 5.43. The molecule has 1 aromatic heterocycles. The third-order valence-electron chi connectivity index (χ3n) is 3.87. The molecule has 13 heteroatoms. The van der Waals surface area contributed by atoms with Crippen molar-refractivity contribution < 1.29 is 22.6 Å². The first kappa shape index (κ1) is 19.7. The van der Waals surface area contributed by atoms with Crippen LogP contribution in [0.1, 0.15) is 29.3 Å². The lowest BCUT2D eigenvalue weighted by Crippen LogP contribution is -2.32. The first-order valence-electron chi connectivity index (χ1n) is 7.86. The monoisotopic (exact) mass is 416 g/mol. The minimum Gasteiger partial charge on any atom is -0.290 e. The number of amidine groups is 1. The van der Waals surface area contributed by atoms with E-state index in [1.165, 1.54) is 12.1 Å². The topological polar surface area (TPSA) is 156 Å². The number of nitrogens with zero attached hydrogens (tertiary/aromatic N) is 3. The highest BCUT2D eigenvalue weighted by atomic mass is 32.2. The summed E-state index contributed by atoms with van der Waals surface area (Å²) < 4.78 is 42.1. The van der Waals surface area contributed by atoms with E-state index < -0.39 is 10.2 Å². The zero-order valence-corrected chi connectivity index (χ0v) is 15.6. The summed E-state index contributed by atoms with van der Waals surface area (Å²) in [5, 5.41) is 22.1. The predicted molar refractivity (Wildman–Crippen MR) is 95.1 cm³/mol. The second kappa shape index (κ2) is 8.31. The predicted octanol–water partition coefficient (Wildman–Crippen LogP) is 0.507. The maximum atomic E-state index is 13.5. The number of benzene rings is 1. The molecule has 10 nitrogen and oxygen atoms in total. The largest absolute Gasteiger partial charge is 0.290 e. The van der Waals surface area contributed by atoms with Crippen molar-refractivity contribution in [2.45, 2.75) is 23.9 Å². The molecule has 0 amide bonds. The Bertz CT molecular complexity index is 949. The summed E-state index contributed by atoms with van der Waals surface area (Å²) in [5.74, 6) is -0.0234. The van der Waals surface area contributed by atoms with Gasteiger partial charge in [-0.15, -0.1) is 0 Å². The van der Waals surface area contributed by atoms with Gasteiger partial charge >= 0.3 is 0 Å². The lowest BCUT2D eigenvalue weighted by molar-refractivity contribution is 0.233. The van der Waals surface area contributed by atoms with Gasteiger partial charge in [-0.2, -0.15) is 8.42 Å². The summed E-state index contributed by atoms with van der Waals surface area (Å²) in [6.07, 6.45) is 1.41. The van der Waals surface area contributed by atoms with Crippen molar-refractivity contribution in [3.8, 4) is 0 Å². The van der Waals surface area contributed by atoms with Crippen LogP contribution < -0.4 is 15.3 Å². The van der Waals surface area contributed by atoms with Crippen LogP contribution in [-0.2, 0) is 16.6 Å². The molecule has 1 heterocycles. The number of hydrogen-bond donors (Lipinski definition) is 4. The fraction of sp³-hybridized carbons (Fsp3) is 0.357. The second-order valence-corrected chi connectivity index (χ2v) is 8.16. The Morgan fingerprint density at radius 2 is 2.30 bits per heavy atom. The lowest BCUT2D eigenvalue weighted by atomic mass is 10.1. The van der Waals surface area contributed by atoms with E-state index in [2.05, 4.69) is 20.0 Å². The van der Waals surface area contributed by atoms with Gasteiger partial charge in [0, 0.05) is 12.3 Å². The van der Waals surface area contributed by atoms with Crippen LogP contribution in [0, 0.1) is 5.82 Å². The third kappa shape index (κ3) is 5.01. The van der Waals surface area contributed by atoms with Gasteiger partial charge in [0.25, 0.3) is 10.2 Å². The summed E-state index contributed by atoms with van der Waals surface area (Å²) in [6.45, 7) is 0.0735. The van der Waals surface area contributed by atoms with Gasteiger partial charge in [0.15, 0.2) is 16.6 Å². The molecule has 1 aliphatic carbocycles. The number of rotatable bonds is 7. The smallest absolute Gasteiger partial charge is 0.274 e. The molecule has 27 heavy (non-hydrogen) atoms. The molecule has 0 radical (unpaired) electrons. The van der Waals surface area contributed by atoms with Crippen molar-refractivity contribution in [3.63, 3.8) is 0 Å². The van der Waals surface area contributed by atoms with Gasteiger partial charge in [0.05, 0.1) is 6.04 Å². The van der Waals surface area contributed by atoms with Crippen molar-refractivity contribution in [1.29, 1.82) is 0 Å². The molecule has 0 saturated carbocycles. The van der Waals surface area contributed by atoms with Gasteiger partial charge in [0.1, 0.15) is 5.82 Å². The number of thioether (sulfide) groups is 1. The Balaban J connectivity index is 1.75. The molecule has 1 unspecified atom stereocenters. The van der Waals surface area contributed by atoms with E-state index in [1.54, 1.807) is 6.07 Å². The van der Waals surface area contributed by atoms with Crippen LogP contribution in [-0.4, -0.2) is 42.1 Å². The zero-order valence-electron chi connectivity index (χ0n) is 13.9. The summed E-state index contributed by atoms with van der Waals surface area (Å²) in [7, 11) is -3.77. The molecule has 0 fully saturated rings. The number of fused-ring (bicyclic) bond motifs is 1. The Hall–Kier alpha value is -2.06. The highest BCUT2D eigenvalue weighted by Gasteiger charge is 2.25. The van der Waals surface area contributed by atoms with Crippen LogP contribution in [0.2, 0.25) is 0 Å². The second-order valence-electron chi connectivity index (χ2n) is 5.69. The molecule has 3 rings (SSSR count). The van der Waals surface area contributed by atoms with Crippen LogP contribution in [0.25, 0.3) is 0 Å². The highest BCUT2D eigenvalue weighted by molar-refractivity contribution is 7.99. The van der Waals surface area contributed by atoms with Crippen LogP contribution in [0.5, 0.6) is 0 Å². The fourth-order valence-corrected chi connectivity index (χ4v) is 4.01. The molecule has 0 aliphatic heterocycles. The molecule has 146 valence electrons. The minimum atomic E-state index is -3.77. The summed E-state index contributed by atoms with van der Waals surface area (Å²) in [5.41, 5.74) is 3.91. The van der Waals surface area contributed by atoms with Gasteiger partial charge < -0.3 is 0 Å². The maximum Gasteiger partial charge on any atom is 0.274 e. The van der Waals surface area contributed by atoms with Gasteiger partial charge in [-0.25, -0.2) is 18.9 Å². The number of aromatic nitrogens is 2. The van der Waals surface area contributed by atoms with E-state index in [-0.39, 0.29) is 29.9 Å². The van der Waals surface area contributed by atoms with E-state index in [4.69, 9.17) is 9.77 Å². The first-order valence-corrected chi connectivity index (χ1v) is 10.4. The molecular formula is C14H17FN6O4S2. The minimum absolute atomic E-state index is 0.0280. The first-order chi connectivity index (χ1) is 12.9. The van der Waals surface area contributed by atoms with E-state index in [0.717, 1.165) is 29.3 Å². The molecule has 0 spiro atoms. The van der Waals surface area contributed by atoms with E-state index in [1.807, 2.05) is 5.48 Å². The Labute approximate surface area is 158 Å². The molecule has 5 N–H and O–H groups in total. The number of hydroxylamine groups is 1. The Kier molecular flexibility index (Phi) is 6.06. The lowest BCUT2D eigenvalue weighted by Gasteiger charge is -2.09. The summed E-state index contributed by atoms with van der Waals surface area (Å²) in [4.78, 5) is 4.43. The van der Waals surface area contributed by atoms with Crippen molar-refractivity contribution in [2.75, 3.05) is 12.3 Å². The van der Waals surface area contributed by atoms with Gasteiger partial charge in [-0.1, -0.05) is 17.8 Å².